The fraction of sp³-hybridized carbons (Fsp3) is 0.250. The van der Waals surface area contributed by atoms with Gasteiger partial charge in [-0.2, -0.15) is 0 Å². The molecule has 1 aromatic rings. The van der Waals surface area contributed by atoms with E-state index in [1.807, 2.05) is 0 Å². The summed E-state index contributed by atoms with van der Waals surface area (Å²) in [5, 5.41) is 9.34. The molecule has 1 aliphatic heterocycles. The Bertz CT molecular complexity index is 555. The zero-order valence-corrected chi connectivity index (χ0v) is 10.3. The quantitative estimate of drug-likeness (QED) is 0.831. The average Bonchev–Trinajstić information content (AvgIpc) is 2.52. The van der Waals surface area contributed by atoms with E-state index in [9.17, 15) is 14.4 Å². The first-order valence-corrected chi connectivity index (χ1v) is 5.69. The van der Waals surface area contributed by atoms with Crippen LogP contribution < -0.4 is 4.90 Å². The molecular weight excluding hydrogens is 258 g/mol. The van der Waals surface area contributed by atoms with Gasteiger partial charge in [0.05, 0.1) is 11.3 Å². The van der Waals surface area contributed by atoms with Crippen LogP contribution in [0.4, 0.5) is 5.69 Å². The molecule has 1 atom stereocenters. The van der Waals surface area contributed by atoms with Gasteiger partial charge in [-0.25, -0.2) is 9.69 Å². The molecule has 18 heavy (non-hydrogen) atoms. The van der Waals surface area contributed by atoms with Gasteiger partial charge in [-0.15, -0.1) is 0 Å². The van der Waals surface area contributed by atoms with E-state index in [1.165, 1.54) is 18.2 Å². The Morgan fingerprint density at radius 3 is 2.61 bits per heavy atom. The maximum absolute atomic E-state index is 11.9. The number of halogens is 1. The van der Waals surface area contributed by atoms with Gasteiger partial charge in [0.2, 0.25) is 11.8 Å². The molecule has 0 bridgehead atoms. The number of hydrogen-bond acceptors (Lipinski definition) is 3. The zero-order chi connectivity index (χ0) is 13.4. The van der Waals surface area contributed by atoms with E-state index < -0.39 is 23.7 Å². The third-order valence-corrected chi connectivity index (χ3v) is 3.04. The smallest absolute Gasteiger partial charge is 0.337 e. The summed E-state index contributed by atoms with van der Waals surface area (Å²) in [4.78, 5) is 35.6. The molecule has 1 heterocycles. The summed E-state index contributed by atoms with van der Waals surface area (Å²) < 4.78 is 0. The van der Waals surface area contributed by atoms with E-state index in [0.29, 0.717) is 0 Å². The average molecular weight is 268 g/mol. The van der Waals surface area contributed by atoms with Gasteiger partial charge < -0.3 is 5.11 Å². The number of carbonyl (C=O) groups excluding carboxylic acids is 2. The van der Waals surface area contributed by atoms with Crippen LogP contribution in [0.3, 0.4) is 0 Å². The number of carboxylic acid groups (broad SMARTS) is 1. The highest BCUT2D eigenvalue weighted by Crippen LogP contribution is 2.31. The molecule has 0 spiro atoms. The highest BCUT2D eigenvalue weighted by atomic mass is 35.5. The number of benzene rings is 1. The molecule has 0 aliphatic carbocycles. The van der Waals surface area contributed by atoms with Crippen LogP contribution in [0.15, 0.2) is 18.2 Å². The Labute approximate surface area is 108 Å². The van der Waals surface area contributed by atoms with Crippen molar-refractivity contribution < 1.29 is 19.5 Å². The van der Waals surface area contributed by atoms with E-state index in [0.717, 1.165) is 4.90 Å². The predicted octanol–water partition coefficient (Wildman–Crippen LogP) is 1.94. The van der Waals surface area contributed by atoms with Crippen molar-refractivity contribution in [2.75, 3.05) is 4.90 Å². The summed E-state index contributed by atoms with van der Waals surface area (Å²) in [7, 11) is 0. The van der Waals surface area contributed by atoms with Crippen molar-refractivity contribution in [1.82, 2.24) is 0 Å². The third kappa shape index (κ3) is 1.97. The lowest BCUT2D eigenvalue weighted by Crippen LogP contribution is -2.31. The molecule has 2 amide bonds. The van der Waals surface area contributed by atoms with Gasteiger partial charge in [0.25, 0.3) is 0 Å². The number of carbonyl (C=O) groups is 3. The number of hydrogen-bond donors (Lipinski definition) is 1. The largest absolute Gasteiger partial charge is 0.478 e. The standard InChI is InChI=1S/C12H10ClNO4/c1-6-4-10(15)14(11(6)16)9-5-7(13)2-3-8(9)12(17)18/h2-3,5-6H,4H2,1H3,(H,17,18). The number of carboxylic acids is 1. The maximum atomic E-state index is 11.9. The van der Waals surface area contributed by atoms with Crippen molar-refractivity contribution in [3.05, 3.63) is 28.8 Å². The third-order valence-electron chi connectivity index (χ3n) is 2.80. The normalized spacial score (nSPS) is 19.4. The second-order valence-electron chi connectivity index (χ2n) is 4.14. The molecule has 94 valence electrons. The molecule has 1 unspecified atom stereocenters. The van der Waals surface area contributed by atoms with Gasteiger partial charge in [-0.05, 0) is 18.2 Å². The van der Waals surface area contributed by atoms with E-state index in [2.05, 4.69) is 0 Å². The van der Waals surface area contributed by atoms with Crippen LogP contribution in [0, 0.1) is 5.92 Å². The van der Waals surface area contributed by atoms with E-state index >= 15 is 0 Å². The van der Waals surface area contributed by atoms with Crippen LogP contribution >= 0.6 is 11.6 Å². The molecule has 1 aliphatic rings. The Hall–Kier alpha value is -1.88. The minimum absolute atomic E-state index is 0.0364. The molecule has 0 radical (unpaired) electrons. The molecule has 1 saturated heterocycles. The molecule has 5 nitrogen and oxygen atoms in total. The molecular formula is C12H10ClNO4. The summed E-state index contributed by atoms with van der Waals surface area (Å²) in [5.41, 5.74) is -0.0791. The van der Waals surface area contributed by atoms with E-state index in [1.54, 1.807) is 6.92 Å². The fourth-order valence-electron chi connectivity index (χ4n) is 1.91. The lowest BCUT2D eigenvalue weighted by atomic mass is 10.1. The van der Waals surface area contributed by atoms with Crippen molar-refractivity contribution in [2.24, 2.45) is 5.92 Å². The van der Waals surface area contributed by atoms with Gasteiger partial charge in [0.15, 0.2) is 0 Å². The monoisotopic (exact) mass is 267 g/mol. The van der Waals surface area contributed by atoms with Crippen LogP contribution in [0.2, 0.25) is 5.02 Å². The van der Waals surface area contributed by atoms with Crippen molar-refractivity contribution in [2.45, 2.75) is 13.3 Å². The number of anilines is 1. The van der Waals surface area contributed by atoms with Gasteiger partial charge in [-0.1, -0.05) is 18.5 Å². The highest BCUT2D eigenvalue weighted by molar-refractivity contribution is 6.32. The van der Waals surface area contributed by atoms with Crippen molar-refractivity contribution in [1.29, 1.82) is 0 Å². The van der Waals surface area contributed by atoms with Gasteiger partial charge in [0, 0.05) is 17.4 Å². The summed E-state index contributed by atoms with van der Waals surface area (Å²) in [6.45, 7) is 1.63. The molecule has 1 aromatic carbocycles. The van der Waals surface area contributed by atoms with Gasteiger partial charge >= 0.3 is 5.97 Å². The molecule has 6 heteroatoms. The Morgan fingerprint density at radius 2 is 2.11 bits per heavy atom. The number of rotatable bonds is 2. The second-order valence-corrected chi connectivity index (χ2v) is 4.58. The molecule has 2 rings (SSSR count). The summed E-state index contributed by atoms with van der Waals surface area (Å²) in [6.07, 6.45) is 0.0877. The minimum atomic E-state index is -1.21. The number of aromatic carboxylic acids is 1. The predicted molar refractivity (Wildman–Crippen MR) is 64.7 cm³/mol. The maximum Gasteiger partial charge on any atom is 0.337 e. The fourth-order valence-corrected chi connectivity index (χ4v) is 2.07. The first kappa shape index (κ1) is 12.6. The second kappa shape index (κ2) is 4.42. The number of imide groups is 1. The lowest BCUT2D eigenvalue weighted by Gasteiger charge is -2.17. The van der Waals surface area contributed by atoms with Crippen molar-refractivity contribution in [3.63, 3.8) is 0 Å². The molecule has 1 fully saturated rings. The topological polar surface area (TPSA) is 74.7 Å². The summed E-state index contributed by atoms with van der Waals surface area (Å²) in [5.74, 6) is -2.44. The molecule has 1 N–H and O–H groups in total. The molecule has 0 saturated carbocycles. The Morgan fingerprint density at radius 1 is 1.44 bits per heavy atom. The van der Waals surface area contributed by atoms with E-state index in [-0.39, 0.29) is 22.7 Å². The van der Waals surface area contributed by atoms with Gasteiger partial charge in [0.1, 0.15) is 0 Å². The first-order valence-electron chi connectivity index (χ1n) is 5.31. The SMILES string of the molecule is CC1CC(=O)N(c2cc(Cl)ccc2C(=O)O)C1=O. The number of amides is 2. The van der Waals surface area contributed by atoms with Crippen molar-refractivity contribution >= 4 is 35.1 Å². The van der Waals surface area contributed by atoms with E-state index in [4.69, 9.17) is 16.7 Å². The zero-order valence-electron chi connectivity index (χ0n) is 9.51. The van der Waals surface area contributed by atoms with Crippen LogP contribution in [0.1, 0.15) is 23.7 Å². The number of nitrogens with zero attached hydrogens (tertiary/aromatic N) is 1. The summed E-state index contributed by atoms with van der Waals surface area (Å²) >= 11 is 5.79. The lowest BCUT2D eigenvalue weighted by molar-refractivity contribution is -0.122. The van der Waals surface area contributed by atoms with Crippen molar-refractivity contribution in [3.8, 4) is 0 Å². The van der Waals surface area contributed by atoms with Crippen LogP contribution in [0.25, 0.3) is 0 Å². The van der Waals surface area contributed by atoms with Crippen LogP contribution in [0.5, 0.6) is 0 Å². The van der Waals surface area contributed by atoms with Crippen LogP contribution in [-0.2, 0) is 9.59 Å². The first-order chi connectivity index (χ1) is 8.41. The minimum Gasteiger partial charge on any atom is -0.478 e. The Balaban J connectivity index is 2.56. The summed E-state index contributed by atoms with van der Waals surface area (Å²) in [6, 6.07) is 4.01. The van der Waals surface area contributed by atoms with Gasteiger partial charge in [-0.3, -0.25) is 9.59 Å². The molecule has 0 aromatic heterocycles. The highest BCUT2D eigenvalue weighted by Gasteiger charge is 2.38. The Kier molecular flexibility index (Phi) is 3.09. The van der Waals surface area contributed by atoms with Crippen LogP contribution in [-0.4, -0.2) is 22.9 Å².